The molecule has 2 N–H and O–H groups in total. The van der Waals surface area contributed by atoms with Crippen molar-refractivity contribution in [1.29, 1.82) is 0 Å². The third-order valence-corrected chi connectivity index (χ3v) is 3.63. The second-order valence-electron chi connectivity index (χ2n) is 5.22. The van der Waals surface area contributed by atoms with E-state index in [9.17, 15) is 4.79 Å². The number of nitrogens with zero attached hydrogens (tertiary/aromatic N) is 4. The van der Waals surface area contributed by atoms with Gasteiger partial charge in [0.1, 0.15) is 0 Å². The molecule has 0 spiro atoms. The molecule has 0 atom stereocenters. The van der Waals surface area contributed by atoms with Gasteiger partial charge in [-0.15, -0.1) is 5.10 Å². The summed E-state index contributed by atoms with van der Waals surface area (Å²) in [4.78, 5) is 18.4. The number of pyridine rings is 1. The minimum absolute atomic E-state index is 0.261. The molecule has 0 saturated carbocycles. The first-order chi connectivity index (χ1) is 10.3. The number of hydrogen-bond donors (Lipinski definition) is 2. The van der Waals surface area contributed by atoms with Gasteiger partial charge in [-0.3, -0.25) is 5.32 Å². The Hall–Kier alpha value is -2.15. The molecule has 7 heteroatoms. The zero-order valence-corrected chi connectivity index (χ0v) is 12.0. The average Bonchev–Trinajstić information content (AvgIpc) is 2.90. The third kappa shape index (κ3) is 3.69. The summed E-state index contributed by atoms with van der Waals surface area (Å²) in [6.07, 6.45) is 5.64. The van der Waals surface area contributed by atoms with Crippen LogP contribution in [0.5, 0.6) is 0 Å². The van der Waals surface area contributed by atoms with Crippen LogP contribution in [0.4, 0.5) is 10.7 Å². The van der Waals surface area contributed by atoms with E-state index in [0.717, 1.165) is 19.6 Å². The molecule has 21 heavy (non-hydrogen) atoms. The van der Waals surface area contributed by atoms with E-state index >= 15 is 0 Å². The maximum absolute atomic E-state index is 11.8. The van der Waals surface area contributed by atoms with Gasteiger partial charge in [0, 0.05) is 19.3 Å². The first-order valence-corrected chi connectivity index (χ1v) is 7.40. The van der Waals surface area contributed by atoms with Gasteiger partial charge >= 0.3 is 6.03 Å². The normalized spacial score (nSPS) is 16.0. The van der Waals surface area contributed by atoms with Crippen molar-refractivity contribution in [3.8, 4) is 0 Å². The highest BCUT2D eigenvalue weighted by Crippen LogP contribution is 2.07. The molecular formula is C14H20N6O. The molecule has 1 aliphatic heterocycles. The maximum atomic E-state index is 11.8. The molecule has 2 aromatic rings. The summed E-state index contributed by atoms with van der Waals surface area (Å²) in [5, 5.41) is 9.67. The van der Waals surface area contributed by atoms with Crippen molar-refractivity contribution >= 4 is 17.6 Å². The molecule has 0 radical (unpaired) electrons. The van der Waals surface area contributed by atoms with Gasteiger partial charge in [0.05, 0.1) is 0 Å². The van der Waals surface area contributed by atoms with Crippen LogP contribution in [-0.4, -0.2) is 51.7 Å². The van der Waals surface area contributed by atoms with Crippen LogP contribution < -0.4 is 10.6 Å². The number of piperidine rings is 1. The van der Waals surface area contributed by atoms with Crippen LogP contribution in [0.2, 0.25) is 0 Å². The van der Waals surface area contributed by atoms with Crippen molar-refractivity contribution in [2.24, 2.45) is 0 Å². The molecule has 2 amide bonds. The van der Waals surface area contributed by atoms with Gasteiger partial charge in [-0.05, 0) is 38.1 Å². The maximum Gasteiger partial charge on any atom is 0.321 e. The van der Waals surface area contributed by atoms with Gasteiger partial charge in [0.2, 0.25) is 0 Å². The van der Waals surface area contributed by atoms with Crippen LogP contribution in [0.15, 0.2) is 24.4 Å². The summed E-state index contributed by atoms with van der Waals surface area (Å²) in [7, 11) is 0. The molecule has 0 aromatic carbocycles. The average molecular weight is 288 g/mol. The molecule has 1 fully saturated rings. The number of rotatable bonds is 4. The Kier molecular flexibility index (Phi) is 4.30. The highest BCUT2D eigenvalue weighted by atomic mass is 16.2. The second-order valence-corrected chi connectivity index (χ2v) is 5.22. The minimum Gasteiger partial charge on any atom is -0.337 e. The van der Waals surface area contributed by atoms with Gasteiger partial charge in [0.25, 0.3) is 5.95 Å². The second kappa shape index (κ2) is 6.53. The Bertz CT molecular complexity index is 571. The number of carbonyl (C=O) groups is 1. The first-order valence-electron chi connectivity index (χ1n) is 7.40. The van der Waals surface area contributed by atoms with Crippen LogP contribution in [0, 0.1) is 0 Å². The highest BCUT2D eigenvalue weighted by Gasteiger charge is 2.11. The summed E-state index contributed by atoms with van der Waals surface area (Å²) < 4.78 is 1.63. The molecule has 0 bridgehead atoms. The van der Waals surface area contributed by atoms with Crippen molar-refractivity contribution in [3.05, 3.63) is 24.4 Å². The van der Waals surface area contributed by atoms with E-state index in [0.29, 0.717) is 18.1 Å². The Labute approximate surface area is 123 Å². The molecular weight excluding hydrogens is 268 g/mol. The highest BCUT2D eigenvalue weighted by molar-refractivity contribution is 5.87. The molecule has 2 aromatic heterocycles. The third-order valence-electron chi connectivity index (χ3n) is 3.63. The number of anilines is 1. The summed E-state index contributed by atoms with van der Waals surface area (Å²) >= 11 is 0. The smallest absolute Gasteiger partial charge is 0.321 e. The summed E-state index contributed by atoms with van der Waals surface area (Å²) in [5.41, 5.74) is 0.709. The quantitative estimate of drug-likeness (QED) is 0.890. The first kappa shape index (κ1) is 13.8. The molecule has 3 heterocycles. The fourth-order valence-corrected chi connectivity index (χ4v) is 2.54. The van der Waals surface area contributed by atoms with Crippen LogP contribution in [0.1, 0.15) is 19.3 Å². The number of likely N-dealkylation sites (tertiary alicyclic amines) is 1. The Morgan fingerprint density at radius 2 is 2.10 bits per heavy atom. The molecule has 112 valence electrons. The number of carbonyl (C=O) groups excluding carboxylic acids is 1. The van der Waals surface area contributed by atoms with Gasteiger partial charge in [0.15, 0.2) is 5.65 Å². The molecule has 0 aliphatic carbocycles. The molecule has 1 saturated heterocycles. The fourth-order valence-electron chi connectivity index (χ4n) is 2.54. The van der Waals surface area contributed by atoms with Gasteiger partial charge < -0.3 is 10.2 Å². The number of urea groups is 1. The fraction of sp³-hybridized carbons (Fsp3) is 0.500. The minimum atomic E-state index is -0.261. The lowest BCUT2D eigenvalue weighted by atomic mass is 10.1. The Morgan fingerprint density at radius 3 is 2.90 bits per heavy atom. The van der Waals surface area contributed by atoms with E-state index in [1.165, 1.54) is 19.3 Å². The number of fused-ring (bicyclic) bond motifs is 1. The summed E-state index contributed by atoms with van der Waals surface area (Å²) in [5.74, 6) is 0.316. The predicted octanol–water partition coefficient (Wildman–Crippen LogP) is 1.34. The van der Waals surface area contributed by atoms with E-state index in [4.69, 9.17) is 0 Å². The monoisotopic (exact) mass is 288 g/mol. The van der Waals surface area contributed by atoms with E-state index < -0.39 is 0 Å². The van der Waals surface area contributed by atoms with Crippen molar-refractivity contribution in [2.75, 3.05) is 31.5 Å². The van der Waals surface area contributed by atoms with Gasteiger partial charge in [-0.25, -0.2) is 9.31 Å². The van der Waals surface area contributed by atoms with Crippen molar-refractivity contribution < 1.29 is 4.79 Å². The van der Waals surface area contributed by atoms with E-state index in [1.54, 1.807) is 10.7 Å². The Balaban J connectivity index is 1.45. The van der Waals surface area contributed by atoms with Crippen LogP contribution >= 0.6 is 0 Å². The summed E-state index contributed by atoms with van der Waals surface area (Å²) in [6.45, 7) is 3.81. The molecule has 3 rings (SSSR count). The van der Waals surface area contributed by atoms with Gasteiger partial charge in [-0.2, -0.15) is 4.98 Å². The lowest BCUT2D eigenvalue weighted by Crippen LogP contribution is -2.39. The van der Waals surface area contributed by atoms with E-state index in [1.807, 2.05) is 18.2 Å². The number of hydrogen-bond acceptors (Lipinski definition) is 4. The zero-order valence-electron chi connectivity index (χ0n) is 12.0. The molecule has 0 unspecified atom stereocenters. The largest absolute Gasteiger partial charge is 0.337 e. The summed E-state index contributed by atoms with van der Waals surface area (Å²) in [6, 6.07) is 5.33. The van der Waals surface area contributed by atoms with Crippen molar-refractivity contribution in [3.63, 3.8) is 0 Å². The predicted molar refractivity (Wildman–Crippen MR) is 80.3 cm³/mol. The van der Waals surface area contributed by atoms with Crippen LogP contribution in [-0.2, 0) is 0 Å². The molecule has 1 aliphatic rings. The van der Waals surface area contributed by atoms with E-state index in [2.05, 4.69) is 25.6 Å². The molecule has 7 nitrogen and oxygen atoms in total. The van der Waals surface area contributed by atoms with E-state index in [-0.39, 0.29) is 6.03 Å². The lowest BCUT2D eigenvalue weighted by Gasteiger charge is -2.26. The number of aromatic nitrogens is 3. The number of nitrogens with one attached hydrogen (secondary N) is 2. The van der Waals surface area contributed by atoms with Crippen molar-refractivity contribution in [2.45, 2.75) is 19.3 Å². The zero-order chi connectivity index (χ0) is 14.5. The van der Waals surface area contributed by atoms with Crippen LogP contribution in [0.25, 0.3) is 5.65 Å². The standard InChI is InChI=1S/C14H20N6O/c21-14(15-7-11-19-8-3-1-4-9-19)17-13-16-12-6-2-5-10-20(12)18-13/h2,5-6,10H,1,3-4,7-9,11H2,(H2,15,17,18,21). The van der Waals surface area contributed by atoms with Crippen molar-refractivity contribution in [1.82, 2.24) is 24.8 Å². The topological polar surface area (TPSA) is 74.6 Å². The number of amides is 2. The Morgan fingerprint density at radius 1 is 1.24 bits per heavy atom. The lowest BCUT2D eigenvalue weighted by molar-refractivity contribution is 0.224. The van der Waals surface area contributed by atoms with Gasteiger partial charge in [-0.1, -0.05) is 12.5 Å². The SMILES string of the molecule is O=C(NCCN1CCCCC1)Nc1nc2ccccn2n1. The van der Waals surface area contributed by atoms with Crippen LogP contribution in [0.3, 0.4) is 0 Å².